The molecule has 7 nitrogen and oxygen atoms in total. The summed E-state index contributed by atoms with van der Waals surface area (Å²) in [6, 6.07) is 14.2. The van der Waals surface area contributed by atoms with Gasteiger partial charge in [-0.3, -0.25) is 0 Å². The van der Waals surface area contributed by atoms with Gasteiger partial charge < -0.3 is 14.8 Å². The normalized spacial score (nSPS) is 16.0. The molecule has 4 heterocycles. The third kappa shape index (κ3) is 3.22. The summed E-state index contributed by atoms with van der Waals surface area (Å²) in [5.74, 6) is 1.95. The van der Waals surface area contributed by atoms with Gasteiger partial charge in [-0.25, -0.2) is 19.8 Å². The second-order valence-corrected chi connectivity index (χ2v) is 7.50. The molecule has 30 heavy (non-hydrogen) atoms. The zero-order valence-electron chi connectivity index (χ0n) is 16.7. The first-order valence-electron chi connectivity index (χ1n) is 9.93. The summed E-state index contributed by atoms with van der Waals surface area (Å²) in [5, 5.41) is 1.06. The lowest BCUT2D eigenvalue weighted by Gasteiger charge is -2.26. The molecule has 0 radical (unpaired) electrons. The van der Waals surface area contributed by atoms with Crippen molar-refractivity contribution in [3.05, 3.63) is 72.6 Å². The van der Waals surface area contributed by atoms with E-state index in [2.05, 4.69) is 48.8 Å². The second kappa shape index (κ2) is 7.48. The van der Waals surface area contributed by atoms with Gasteiger partial charge in [-0.2, -0.15) is 0 Å². The SMILES string of the molecule is [C-]#[N+]c1ccc(-c2ccc(N(C)C3CCN(c4ncnc5[nH]ccc45)C3)nc2)cc1. The van der Waals surface area contributed by atoms with Gasteiger partial charge in [-0.15, -0.1) is 0 Å². The van der Waals surface area contributed by atoms with E-state index in [0.29, 0.717) is 11.7 Å². The zero-order chi connectivity index (χ0) is 20.5. The van der Waals surface area contributed by atoms with Crippen molar-refractivity contribution in [2.24, 2.45) is 0 Å². The fraction of sp³-hybridized carbons (Fsp3) is 0.217. The van der Waals surface area contributed by atoms with Crippen LogP contribution in [0.4, 0.5) is 17.3 Å². The first kappa shape index (κ1) is 18.1. The Kier molecular flexibility index (Phi) is 4.52. The fourth-order valence-corrected chi connectivity index (χ4v) is 4.04. The van der Waals surface area contributed by atoms with Crippen LogP contribution in [0.3, 0.4) is 0 Å². The summed E-state index contributed by atoms with van der Waals surface area (Å²) < 4.78 is 0. The van der Waals surface area contributed by atoms with Gasteiger partial charge in [-0.05, 0) is 30.2 Å². The first-order chi connectivity index (χ1) is 14.7. The van der Waals surface area contributed by atoms with E-state index in [1.54, 1.807) is 6.33 Å². The van der Waals surface area contributed by atoms with E-state index in [0.717, 1.165) is 53.3 Å². The Labute approximate surface area is 174 Å². The monoisotopic (exact) mass is 395 g/mol. The maximum absolute atomic E-state index is 7.07. The quantitative estimate of drug-likeness (QED) is 0.522. The number of rotatable bonds is 4. The molecule has 3 aromatic heterocycles. The molecule has 1 aliphatic rings. The summed E-state index contributed by atoms with van der Waals surface area (Å²) in [5.41, 5.74) is 3.64. The Morgan fingerprint density at radius 2 is 1.90 bits per heavy atom. The number of nitrogens with zero attached hydrogens (tertiary/aromatic N) is 6. The Morgan fingerprint density at radius 1 is 1.07 bits per heavy atom. The highest BCUT2D eigenvalue weighted by Crippen LogP contribution is 2.29. The molecule has 1 fully saturated rings. The summed E-state index contributed by atoms with van der Waals surface area (Å²) in [6.07, 6.45) is 6.48. The highest BCUT2D eigenvalue weighted by atomic mass is 15.3. The van der Waals surface area contributed by atoms with E-state index in [1.807, 2.05) is 42.7 Å². The maximum atomic E-state index is 7.07. The minimum atomic E-state index is 0.366. The van der Waals surface area contributed by atoms with E-state index in [-0.39, 0.29) is 0 Å². The zero-order valence-corrected chi connectivity index (χ0v) is 16.7. The lowest BCUT2D eigenvalue weighted by atomic mass is 10.1. The van der Waals surface area contributed by atoms with Gasteiger partial charge in [0, 0.05) is 44.1 Å². The Balaban J connectivity index is 1.31. The molecule has 7 heteroatoms. The average molecular weight is 395 g/mol. The number of nitrogens with one attached hydrogen (secondary N) is 1. The molecule has 0 bridgehead atoms. The molecule has 1 aliphatic heterocycles. The van der Waals surface area contributed by atoms with Crippen molar-refractivity contribution in [3.63, 3.8) is 0 Å². The first-order valence-corrected chi connectivity index (χ1v) is 9.93. The Bertz CT molecular complexity index is 1210. The third-order valence-corrected chi connectivity index (χ3v) is 5.78. The summed E-state index contributed by atoms with van der Waals surface area (Å²) in [6.45, 7) is 8.93. The van der Waals surface area contributed by atoms with E-state index < -0.39 is 0 Å². The Hall–Kier alpha value is -3.92. The van der Waals surface area contributed by atoms with Crippen molar-refractivity contribution in [1.29, 1.82) is 0 Å². The number of hydrogen-bond donors (Lipinski definition) is 1. The lowest BCUT2D eigenvalue weighted by molar-refractivity contribution is 0.684. The van der Waals surface area contributed by atoms with Crippen LogP contribution in [0, 0.1) is 6.57 Å². The summed E-state index contributed by atoms with van der Waals surface area (Å²) >= 11 is 0. The number of pyridine rings is 1. The predicted molar refractivity (Wildman–Crippen MR) is 119 cm³/mol. The van der Waals surface area contributed by atoms with E-state index in [4.69, 9.17) is 11.6 Å². The lowest BCUT2D eigenvalue weighted by Crippen LogP contribution is -2.35. The smallest absolute Gasteiger partial charge is 0.187 e. The highest BCUT2D eigenvalue weighted by molar-refractivity contribution is 5.87. The topological polar surface area (TPSA) is 65.3 Å². The van der Waals surface area contributed by atoms with Crippen molar-refractivity contribution >= 4 is 28.4 Å². The van der Waals surface area contributed by atoms with E-state index in [9.17, 15) is 0 Å². The van der Waals surface area contributed by atoms with Crippen LogP contribution in [0.5, 0.6) is 0 Å². The molecule has 148 valence electrons. The number of H-pyrrole nitrogens is 1. The van der Waals surface area contributed by atoms with Crippen LogP contribution in [0.1, 0.15) is 6.42 Å². The number of aromatic nitrogens is 4. The molecule has 0 aliphatic carbocycles. The number of aromatic amines is 1. The van der Waals surface area contributed by atoms with Crippen molar-refractivity contribution in [2.75, 3.05) is 29.9 Å². The number of anilines is 2. The molecule has 0 saturated carbocycles. The van der Waals surface area contributed by atoms with Crippen LogP contribution < -0.4 is 9.80 Å². The molecule has 5 rings (SSSR count). The predicted octanol–water partition coefficient (Wildman–Crippen LogP) is 4.29. The van der Waals surface area contributed by atoms with Gasteiger partial charge in [-0.1, -0.05) is 24.3 Å². The molecule has 1 aromatic carbocycles. The van der Waals surface area contributed by atoms with Crippen LogP contribution in [0.2, 0.25) is 0 Å². The van der Waals surface area contributed by atoms with Crippen LogP contribution in [0.15, 0.2) is 61.2 Å². The van der Waals surface area contributed by atoms with Crippen LogP contribution in [-0.2, 0) is 0 Å². The van der Waals surface area contributed by atoms with Gasteiger partial charge >= 0.3 is 0 Å². The molecular formula is C23H21N7. The Morgan fingerprint density at radius 3 is 2.67 bits per heavy atom. The molecule has 1 N–H and O–H groups in total. The molecule has 0 spiro atoms. The number of fused-ring (bicyclic) bond motifs is 1. The molecule has 1 unspecified atom stereocenters. The second-order valence-electron chi connectivity index (χ2n) is 7.50. The van der Waals surface area contributed by atoms with Crippen molar-refractivity contribution in [2.45, 2.75) is 12.5 Å². The molecule has 1 saturated heterocycles. The van der Waals surface area contributed by atoms with Gasteiger partial charge in [0.25, 0.3) is 0 Å². The largest absolute Gasteiger partial charge is 0.355 e. The summed E-state index contributed by atoms with van der Waals surface area (Å²) in [4.78, 5) is 24.7. The van der Waals surface area contributed by atoms with E-state index >= 15 is 0 Å². The van der Waals surface area contributed by atoms with Gasteiger partial charge in [0.05, 0.1) is 12.0 Å². The third-order valence-electron chi connectivity index (χ3n) is 5.78. The fourth-order valence-electron chi connectivity index (χ4n) is 4.04. The maximum Gasteiger partial charge on any atom is 0.187 e. The van der Waals surface area contributed by atoms with E-state index in [1.165, 1.54) is 0 Å². The van der Waals surface area contributed by atoms with Gasteiger partial charge in [0.1, 0.15) is 23.6 Å². The van der Waals surface area contributed by atoms with Crippen molar-refractivity contribution in [1.82, 2.24) is 19.9 Å². The molecule has 4 aromatic rings. The highest BCUT2D eigenvalue weighted by Gasteiger charge is 2.28. The number of hydrogen-bond acceptors (Lipinski definition) is 5. The van der Waals surface area contributed by atoms with Crippen LogP contribution in [-0.4, -0.2) is 46.1 Å². The van der Waals surface area contributed by atoms with Crippen LogP contribution >= 0.6 is 0 Å². The average Bonchev–Trinajstić information content (AvgIpc) is 3.48. The minimum absolute atomic E-state index is 0.366. The minimum Gasteiger partial charge on any atom is -0.355 e. The van der Waals surface area contributed by atoms with Gasteiger partial charge in [0.2, 0.25) is 0 Å². The molecule has 1 atom stereocenters. The molecular weight excluding hydrogens is 374 g/mol. The number of benzene rings is 1. The number of likely N-dealkylation sites (N-methyl/N-ethyl adjacent to an activating group) is 1. The summed E-state index contributed by atoms with van der Waals surface area (Å²) in [7, 11) is 2.10. The van der Waals surface area contributed by atoms with Crippen molar-refractivity contribution < 1.29 is 0 Å². The van der Waals surface area contributed by atoms with Crippen LogP contribution in [0.25, 0.3) is 27.0 Å². The standard InChI is InChI=1S/C23H21N7/c1-24-18-6-3-16(4-7-18)17-5-8-21(26-13-17)29(2)19-10-12-30(14-19)23-20-9-11-25-22(20)27-15-28-23/h3-9,11,13,15,19H,10,12,14H2,2H3,(H,25,27,28). The van der Waals surface area contributed by atoms with Gasteiger partial charge in [0.15, 0.2) is 5.69 Å². The molecule has 0 amide bonds. The van der Waals surface area contributed by atoms with Crippen molar-refractivity contribution in [3.8, 4) is 11.1 Å².